The summed E-state index contributed by atoms with van der Waals surface area (Å²) < 4.78 is 60.2. The Balaban J connectivity index is 1.62. The lowest BCUT2D eigenvalue weighted by atomic mass is 9.76. The molecule has 1 fully saturated rings. The predicted octanol–water partition coefficient (Wildman–Crippen LogP) is 4.41. The molecule has 20 nitrogen and oxygen atoms in total. The molecule has 6 N–H and O–H groups in total. The number of hydrogen-bond acceptors (Lipinski definition) is 17. The topological polar surface area (TPSA) is 270 Å². The molecule has 5 rings (SSSR count). The van der Waals surface area contributed by atoms with Crippen LogP contribution in [0.3, 0.4) is 0 Å². The van der Waals surface area contributed by atoms with Crippen molar-refractivity contribution >= 4 is 48.3 Å². The molecular formula is C44H66FN6O14PS. The van der Waals surface area contributed by atoms with Gasteiger partial charge in [-0.2, -0.15) is 0 Å². The van der Waals surface area contributed by atoms with Crippen molar-refractivity contribution in [2.75, 3.05) is 32.4 Å². The molecule has 67 heavy (non-hydrogen) atoms. The van der Waals surface area contributed by atoms with Crippen LogP contribution in [0.1, 0.15) is 93.7 Å². The standard InChI is InChI=1S/C44H66FN6O14PS/c1-12-31-44(9,56)38-25(5)34(48-33(52)13-2)23(3)17-42(7,37(26(6)36(54)43(8,45)41(55)64-31)65-40-35(53)30(51(10)11)16-24(4)63-40)61-20-29(19-60-38)49-62-21-28-15-14-27(18-46-28)39-47-32(22-67-39)50-66(57,58)59/h14-15,18,22-24,26,30-31,35,37-38,40,53,56H,12-13,16-17,19-21H2,1-11H3,(H,48,52)(H3,50,57,58,59)/b34-25+,49-29?/t23-,24-,26+,30+,31-,35-,37-,38-,40+,42-,43+,44-/m1/s1. The quantitative estimate of drug-likeness (QED) is 0.0744. The van der Waals surface area contributed by atoms with Crippen molar-refractivity contribution in [1.29, 1.82) is 0 Å². The van der Waals surface area contributed by atoms with Gasteiger partial charge in [-0.05, 0) is 91.6 Å². The van der Waals surface area contributed by atoms with Gasteiger partial charge in [-0.3, -0.25) is 19.7 Å². The molecule has 23 heteroatoms. The van der Waals surface area contributed by atoms with Gasteiger partial charge < -0.3 is 58.7 Å². The number of carbonyl (C=O) groups is 3. The van der Waals surface area contributed by atoms with E-state index in [0.29, 0.717) is 34.0 Å². The zero-order valence-electron chi connectivity index (χ0n) is 39.8. The number of likely N-dealkylation sites (N-methyl/N-ethyl adjacent to an activating group) is 1. The number of halogens is 1. The molecule has 2 aromatic rings. The molecule has 3 aliphatic heterocycles. The Morgan fingerprint density at radius 3 is 2.45 bits per heavy atom. The van der Waals surface area contributed by atoms with Crippen LogP contribution in [0.2, 0.25) is 0 Å². The highest BCUT2D eigenvalue weighted by Crippen LogP contribution is 2.42. The number of anilines is 1. The Labute approximate surface area is 394 Å². The largest absolute Gasteiger partial charge is 0.457 e. The number of cyclic esters (lactones) is 1. The minimum atomic E-state index is -4.55. The van der Waals surface area contributed by atoms with Crippen molar-refractivity contribution in [2.24, 2.45) is 17.0 Å². The molecule has 2 bridgehead atoms. The third-order valence-electron chi connectivity index (χ3n) is 12.5. The number of oxime groups is 1. The lowest BCUT2D eigenvalue weighted by Crippen LogP contribution is -2.61. The van der Waals surface area contributed by atoms with Gasteiger partial charge in [-0.25, -0.2) is 18.7 Å². The number of esters is 1. The fraction of sp³-hybridized carbons (Fsp3) is 0.682. The number of ketones is 1. The fourth-order valence-electron chi connectivity index (χ4n) is 8.92. The average molecular weight is 985 g/mol. The number of carbonyl (C=O) groups excluding carboxylic acids is 3. The van der Waals surface area contributed by atoms with E-state index in [0.717, 1.165) is 18.3 Å². The highest BCUT2D eigenvalue weighted by molar-refractivity contribution is 7.53. The van der Waals surface area contributed by atoms with Crippen LogP contribution in [0, 0.1) is 11.8 Å². The maximum absolute atomic E-state index is 17.0. The summed E-state index contributed by atoms with van der Waals surface area (Å²) in [5, 5.41) is 35.5. The molecular weight excluding hydrogens is 919 g/mol. The van der Waals surface area contributed by atoms with Gasteiger partial charge in [-0.15, -0.1) is 11.3 Å². The molecule has 0 spiro atoms. The Morgan fingerprint density at radius 2 is 1.84 bits per heavy atom. The van der Waals surface area contributed by atoms with Crippen LogP contribution in [0.25, 0.3) is 10.6 Å². The van der Waals surface area contributed by atoms with Gasteiger partial charge in [0.05, 0.1) is 36.7 Å². The predicted molar refractivity (Wildman–Crippen MR) is 244 cm³/mol. The molecule has 1 amide bonds. The Morgan fingerprint density at radius 1 is 1.13 bits per heavy atom. The van der Waals surface area contributed by atoms with Crippen molar-refractivity contribution in [1.82, 2.24) is 20.2 Å². The van der Waals surface area contributed by atoms with E-state index in [1.54, 1.807) is 53.9 Å². The summed E-state index contributed by atoms with van der Waals surface area (Å²) in [6, 6.07) is 2.91. The number of hydrogen-bond donors (Lipinski definition) is 6. The molecule has 0 saturated carbocycles. The number of amides is 1. The van der Waals surface area contributed by atoms with Gasteiger partial charge in [0.15, 0.2) is 18.7 Å². The van der Waals surface area contributed by atoms with E-state index in [1.807, 2.05) is 23.8 Å². The maximum atomic E-state index is 17.0. The van der Waals surface area contributed by atoms with Crippen molar-refractivity contribution in [3.05, 3.63) is 40.7 Å². The van der Waals surface area contributed by atoms with E-state index in [9.17, 15) is 38.9 Å². The third kappa shape index (κ3) is 12.9. The number of nitrogens with one attached hydrogen (secondary N) is 2. The number of fused-ring (bicyclic) bond motifs is 4. The van der Waals surface area contributed by atoms with Crippen LogP contribution in [-0.2, 0) is 54.1 Å². The van der Waals surface area contributed by atoms with Gasteiger partial charge in [0.25, 0.3) is 5.67 Å². The number of Topliss-reactive ketones (excluding diaryl/α,β-unsaturated/α-hetero) is 1. The summed E-state index contributed by atoms with van der Waals surface area (Å²) in [6.07, 6.45) is -5.27. The molecule has 5 heterocycles. The summed E-state index contributed by atoms with van der Waals surface area (Å²) in [7, 11) is -0.953. The van der Waals surface area contributed by atoms with Crippen LogP contribution in [0.5, 0.6) is 0 Å². The van der Waals surface area contributed by atoms with E-state index in [1.165, 1.54) is 25.4 Å². The molecule has 12 atom stereocenters. The van der Waals surface area contributed by atoms with E-state index >= 15 is 4.39 Å². The number of aliphatic hydroxyl groups is 2. The molecule has 0 unspecified atom stereocenters. The van der Waals surface area contributed by atoms with Crippen molar-refractivity contribution in [2.45, 2.75) is 154 Å². The number of nitrogens with zero attached hydrogens (tertiary/aromatic N) is 4. The normalized spacial score (nSPS) is 35.6. The molecule has 0 aromatic carbocycles. The van der Waals surface area contributed by atoms with E-state index in [4.69, 9.17) is 28.5 Å². The second kappa shape index (κ2) is 21.9. The third-order valence-corrected chi connectivity index (χ3v) is 13.9. The zero-order valence-corrected chi connectivity index (χ0v) is 41.6. The molecule has 0 aliphatic carbocycles. The van der Waals surface area contributed by atoms with Gasteiger partial charge in [-0.1, -0.05) is 32.9 Å². The number of thiazole rings is 1. The first-order valence-corrected chi connectivity index (χ1v) is 24.7. The van der Waals surface area contributed by atoms with Gasteiger partial charge >= 0.3 is 13.7 Å². The van der Waals surface area contributed by atoms with Crippen LogP contribution in [0.15, 0.2) is 40.1 Å². The molecule has 0 radical (unpaired) electrons. The lowest BCUT2D eigenvalue weighted by molar-refractivity contribution is -0.296. The Bertz CT molecular complexity index is 2190. The molecule has 3 aliphatic rings. The van der Waals surface area contributed by atoms with Gasteiger partial charge in [0.1, 0.15) is 40.5 Å². The van der Waals surface area contributed by atoms with Crippen LogP contribution in [0.4, 0.5) is 10.2 Å². The monoisotopic (exact) mass is 984 g/mol. The van der Waals surface area contributed by atoms with E-state index in [2.05, 4.69) is 20.4 Å². The van der Waals surface area contributed by atoms with Crippen LogP contribution in [-0.4, -0.2) is 145 Å². The molecule has 2 aromatic heterocycles. The SMILES string of the molecule is CCC(=O)N/C1=C(\C)[C@H]2OCC(=NOCc3ccc(-c4nc(NP(=O)(O)O)cs4)cn3)CO[C@](C)(C[C@H]1C)[C@H](O[C@@H]1O[C@H](C)C[C@H](N(C)C)[C@H]1O)[C@@H](C)C(=O)[C@](C)(F)C(=O)O[C@H](CC)[C@@]2(C)O. The van der Waals surface area contributed by atoms with Crippen molar-refractivity contribution in [3.8, 4) is 10.6 Å². The van der Waals surface area contributed by atoms with E-state index < -0.39 is 91.1 Å². The second-order valence-corrected chi connectivity index (χ2v) is 20.5. The van der Waals surface area contributed by atoms with Gasteiger partial charge in [0, 0.05) is 41.2 Å². The Kier molecular flexibility index (Phi) is 17.7. The van der Waals surface area contributed by atoms with E-state index in [-0.39, 0.29) is 56.5 Å². The number of alkyl halides is 1. The number of aromatic nitrogens is 2. The first kappa shape index (κ1) is 54.1. The highest BCUT2D eigenvalue weighted by atomic mass is 32.1. The first-order valence-electron chi connectivity index (χ1n) is 22.2. The summed E-state index contributed by atoms with van der Waals surface area (Å²) in [6.45, 7) is 12.9. The number of pyridine rings is 1. The van der Waals surface area contributed by atoms with Crippen molar-refractivity contribution in [3.63, 3.8) is 0 Å². The average Bonchev–Trinajstić information content (AvgIpc) is 3.71. The van der Waals surface area contributed by atoms with Crippen molar-refractivity contribution < 1.29 is 71.9 Å². The van der Waals surface area contributed by atoms with Gasteiger partial charge in [0.2, 0.25) is 5.91 Å². The highest BCUT2D eigenvalue weighted by Gasteiger charge is 2.56. The summed E-state index contributed by atoms with van der Waals surface area (Å²) in [5.41, 5.74) is -5.15. The number of ether oxygens (including phenoxy) is 5. The smallest absolute Gasteiger partial charge is 0.428 e. The molecule has 374 valence electrons. The minimum absolute atomic E-state index is 0.00981. The number of allylic oxidation sites excluding steroid dienone is 1. The summed E-state index contributed by atoms with van der Waals surface area (Å²) >= 11 is 1.15. The lowest BCUT2D eigenvalue weighted by Gasteiger charge is -2.47. The maximum Gasteiger partial charge on any atom is 0.428 e. The minimum Gasteiger partial charge on any atom is -0.457 e. The summed E-state index contributed by atoms with van der Waals surface area (Å²) in [4.78, 5) is 76.4. The zero-order chi connectivity index (χ0) is 49.8. The summed E-state index contributed by atoms with van der Waals surface area (Å²) in [5.74, 6) is -5.22. The molecule has 1 saturated heterocycles. The Hall–Kier alpha value is -3.80. The van der Waals surface area contributed by atoms with Crippen LogP contribution < -0.4 is 10.4 Å². The number of aliphatic hydroxyl groups excluding tert-OH is 1. The van der Waals surface area contributed by atoms with Crippen LogP contribution >= 0.6 is 19.1 Å². The number of rotatable bonds is 12. The first-order chi connectivity index (χ1) is 31.2. The second-order valence-electron chi connectivity index (χ2n) is 18.4. The fourth-order valence-corrected chi connectivity index (χ4v) is 10.2.